The average molecular weight is 570 g/mol. The van der Waals surface area contributed by atoms with Gasteiger partial charge in [0.05, 0.1) is 19.3 Å². The fraction of sp³-hybridized carbons (Fsp3) is 0.643. The lowest BCUT2D eigenvalue weighted by atomic mass is 10.1. The largest absolute Gasteiger partial charge is 0.513 e. The molecular weight excluding hydrogens is 526 g/mol. The molecule has 40 heavy (non-hydrogen) atoms. The van der Waals surface area contributed by atoms with Crippen LogP contribution in [-0.2, 0) is 34.9 Å². The van der Waals surface area contributed by atoms with E-state index in [0.717, 1.165) is 25.7 Å². The van der Waals surface area contributed by atoms with E-state index in [0.29, 0.717) is 18.4 Å². The number of carbonyl (C=O) groups excluding carboxylic acids is 4. The van der Waals surface area contributed by atoms with Crippen LogP contribution in [0.2, 0.25) is 0 Å². The minimum absolute atomic E-state index is 0.00706. The lowest BCUT2D eigenvalue weighted by molar-refractivity contribution is -0.148. The van der Waals surface area contributed by atoms with E-state index in [1.807, 2.05) is 13.8 Å². The normalized spacial score (nSPS) is 12.2. The molecule has 226 valence electrons. The summed E-state index contributed by atoms with van der Waals surface area (Å²) in [6.07, 6.45) is 1.22. The van der Waals surface area contributed by atoms with Crippen molar-refractivity contribution in [2.45, 2.75) is 97.8 Å². The molecule has 0 aliphatic rings. The van der Waals surface area contributed by atoms with Gasteiger partial charge in [0.2, 0.25) is 0 Å². The average Bonchev–Trinajstić information content (AvgIpc) is 2.88. The van der Waals surface area contributed by atoms with Gasteiger partial charge in [0.25, 0.3) is 0 Å². The molecule has 0 spiro atoms. The minimum Gasteiger partial charge on any atom is -0.461 e. The van der Waals surface area contributed by atoms with Gasteiger partial charge in [-0.1, -0.05) is 45.6 Å². The highest BCUT2D eigenvalue weighted by Gasteiger charge is 2.22. The minimum atomic E-state index is -1.08. The Labute approximate surface area is 235 Å². The molecule has 0 unspecified atom stereocenters. The van der Waals surface area contributed by atoms with E-state index < -0.39 is 36.6 Å². The molecule has 2 atom stereocenters. The first-order valence-corrected chi connectivity index (χ1v) is 13.7. The highest BCUT2D eigenvalue weighted by atomic mass is 16.7. The van der Waals surface area contributed by atoms with Gasteiger partial charge in [0.1, 0.15) is 18.8 Å². The molecule has 0 heterocycles. The molecule has 0 bridgehead atoms. The first kappa shape index (κ1) is 34.5. The predicted molar refractivity (Wildman–Crippen MR) is 144 cm³/mol. The Morgan fingerprint density at radius 1 is 0.750 bits per heavy atom. The number of carbonyl (C=O) groups is 4. The Kier molecular flexibility index (Phi) is 16.8. The number of esters is 1. The molecule has 2 N–H and O–H groups in total. The van der Waals surface area contributed by atoms with Gasteiger partial charge in [-0.15, -0.1) is 0 Å². The molecule has 12 heteroatoms. The van der Waals surface area contributed by atoms with Crippen LogP contribution in [0, 0.1) is 0 Å². The highest BCUT2D eigenvalue weighted by Crippen LogP contribution is 2.30. The van der Waals surface area contributed by atoms with E-state index in [9.17, 15) is 19.2 Å². The summed E-state index contributed by atoms with van der Waals surface area (Å²) in [4.78, 5) is 48.3. The number of hydrogen-bond acceptors (Lipinski definition) is 12. The summed E-state index contributed by atoms with van der Waals surface area (Å²) >= 11 is 0. The van der Waals surface area contributed by atoms with E-state index >= 15 is 0 Å². The van der Waals surface area contributed by atoms with Gasteiger partial charge in [0, 0.05) is 0 Å². The highest BCUT2D eigenvalue weighted by molar-refractivity contribution is 5.76. The Morgan fingerprint density at radius 2 is 1.32 bits per heavy atom. The van der Waals surface area contributed by atoms with Gasteiger partial charge in [-0.3, -0.25) is 4.79 Å². The number of benzene rings is 1. The number of nitrogens with two attached hydrogens (primary N) is 1. The Hall–Kier alpha value is -3.54. The summed E-state index contributed by atoms with van der Waals surface area (Å²) in [6, 6.07) is 3.28. The zero-order valence-corrected chi connectivity index (χ0v) is 24.1. The molecule has 0 aromatic heterocycles. The second-order valence-electron chi connectivity index (χ2n) is 9.38. The molecule has 0 saturated carbocycles. The molecule has 1 rings (SSSR count). The first-order chi connectivity index (χ1) is 19.0. The third-order valence-electron chi connectivity index (χ3n) is 5.18. The van der Waals surface area contributed by atoms with Gasteiger partial charge in [-0.2, -0.15) is 0 Å². The van der Waals surface area contributed by atoms with Crippen molar-refractivity contribution >= 4 is 24.4 Å². The Bertz CT molecular complexity index is 935. The number of hydrogen-bond donors (Lipinski definition) is 1. The number of unbranched alkanes of at least 4 members (excludes halogenated alkanes) is 4. The van der Waals surface area contributed by atoms with E-state index in [1.165, 1.54) is 12.1 Å². The Morgan fingerprint density at radius 3 is 1.88 bits per heavy atom. The number of rotatable bonds is 17. The van der Waals surface area contributed by atoms with Crippen molar-refractivity contribution in [3.8, 4) is 11.5 Å². The van der Waals surface area contributed by atoms with Crippen LogP contribution in [0.4, 0.5) is 14.4 Å². The van der Waals surface area contributed by atoms with Crippen LogP contribution in [0.1, 0.15) is 78.7 Å². The molecule has 12 nitrogen and oxygen atoms in total. The van der Waals surface area contributed by atoms with Crippen LogP contribution in [0.25, 0.3) is 0 Å². The van der Waals surface area contributed by atoms with Gasteiger partial charge < -0.3 is 38.9 Å². The molecule has 1 aromatic carbocycles. The standard InChI is InChI=1S/C28H43NO11/c1-6-8-10-14-34-26(31)39-23-13-12-21(17-24(23)40-27(32)35-15-11-9-7-2)16-22(29)25(30)36-18-20(5)38-28(33)37-19(3)4/h12-13,17,19-20,22H,6-11,14-16,18,29H2,1-5H3/t20-,22-/m0/s1. The second kappa shape index (κ2) is 19.5. The van der Waals surface area contributed by atoms with Crippen molar-refractivity contribution in [2.24, 2.45) is 5.73 Å². The fourth-order valence-corrected chi connectivity index (χ4v) is 3.16. The maximum absolute atomic E-state index is 12.4. The quantitative estimate of drug-likeness (QED) is 0.109. The van der Waals surface area contributed by atoms with Crippen LogP contribution in [0.15, 0.2) is 18.2 Å². The monoisotopic (exact) mass is 569 g/mol. The van der Waals surface area contributed by atoms with Crippen LogP contribution >= 0.6 is 0 Å². The van der Waals surface area contributed by atoms with Crippen LogP contribution in [0.5, 0.6) is 11.5 Å². The van der Waals surface area contributed by atoms with Crippen molar-refractivity contribution in [1.29, 1.82) is 0 Å². The van der Waals surface area contributed by atoms with Crippen molar-refractivity contribution in [1.82, 2.24) is 0 Å². The summed E-state index contributed by atoms with van der Waals surface area (Å²) in [6.45, 7) is 9.10. The predicted octanol–water partition coefficient (Wildman–Crippen LogP) is 5.46. The third kappa shape index (κ3) is 15.2. The van der Waals surface area contributed by atoms with Gasteiger partial charge in [0.15, 0.2) is 11.5 Å². The fourth-order valence-electron chi connectivity index (χ4n) is 3.16. The van der Waals surface area contributed by atoms with E-state index in [-0.39, 0.29) is 43.8 Å². The van der Waals surface area contributed by atoms with Crippen molar-refractivity contribution in [3.05, 3.63) is 23.8 Å². The molecule has 0 aliphatic carbocycles. The smallest absolute Gasteiger partial charge is 0.461 e. The lowest BCUT2D eigenvalue weighted by Crippen LogP contribution is -2.36. The van der Waals surface area contributed by atoms with E-state index in [4.69, 9.17) is 38.9 Å². The van der Waals surface area contributed by atoms with Crippen LogP contribution < -0.4 is 15.2 Å². The lowest BCUT2D eigenvalue weighted by Gasteiger charge is -2.17. The molecule has 0 radical (unpaired) electrons. The first-order valence-electron chi connectivity index (χ1n) is 13.7. The third-order valence-corrected chi connectivity index (χ3v) is 5.18. The van der Waals surface area contributed by atoms with Crippen molar-refractivity contribution in [2.75, 3.05) is 19.8 Å². The summed E-state index contributed by atoms with van der Waals surface area (Å²) in [7, 11) is 0. The summed E-state index contributed by atoms with van der Waals surface area (Å²) < 4.78 is 35.7. The summed E-state index contributed by atoms with van der Waals surface area (Å²) in [5, 5.41) is 0. The summed E-state index contributed by atoms with van der Waals surface area (Å²) in [5.74, 6) is -0.902. The van der Waals surface area contributed by atoms with Crippen molar-refractivity contribution in [3.63, 3.8) is 0 Å². The number of ether oxygens (including phenoxy) is 7. The maximum Gasteiger partial charge on any atom is 0.513 e. The van der Waals surface area contributed by atoms with Crippen molar-refractivity contribution < 1.29 is 52.3 Å². The van der Waals surface area contributed by atoms with E-state index in [2.05, 4.69) is 0 Å². The van der Waals surface area contributed by atoms with E-state index in [1.54, 1.807) is 26.8 Å². The van der Waals surface area contributed by atoms with Gasteiger partial charge in [-0.05, 0) is 57.7 Å². The Balaban J connectivity index is 2.82. The second-order valence-corrected chi connectivity index (χ2v) is 9.38. The zero-order valence-electron chi connectivity index (χ0n) is 24.1. The summed E-state index contributed by atoms with van der Waals surface area (Å²) in [5.41, 5.74) is 6.49. The molecule has 0 fully saturated rings. The molecule has 0 saturated heterocycles. The zero-order chi connectivity index (χ0) is 29.9. The van der Waals surface area contributed by atoms with Gasteiger partial charge >= 0.3 is 24.4 Å². The molecule has 0 aliphatic heterocycles. The topological polar surface area (TPSA) is 159 Å². The van der Waals surface area contributed by atoms with Gasteiger partial charge in [-0.25, -0.2) is 14.4 Å². The molecule has 0 amide bonds. The SMILES string of the molecule is CCCCCOC(=O)Oc1ccc(C[C@H](N)C(=O)OC[C@H](C)OC(=O)OC(C)C)cc1OC(=O)OCCCCC. The van der Waals surface area contributed by atoms with Crippen LogP contribution in [-0.4, -0.2) is 62.5 Å². The molecular formula is C28H43NO11. The molecule has 1 aromatic rings. The maximum atomic E-state index is 12.4. The van der Waals surface area contributed by atoms with Crippen LogP contribution in [0.3, 0.4) is 0 Å².